The molecule has 6 heteroatoms. The predicted molar refractivity (Wildman–Crippen MR) is 91.0 cm³/mol. The molecule has 1 aliphatic rings. The average Bonchev–Trinajstić information content (AvgIpc) is 2.64. The van der Waals surface area contributed by atoms with Gasteiger partial charge in [0, 0.05) is 31.2 Å². The number of nitrogens with zero attached hydrogens (tertiary/aromatic N) is 2. The molecule has 0 aliphatic carbocycles. The Labute approximate surface area is 141 Å². The molecule has 126 valence electrons. The van der Waals surface area contributed by atoms with Gasteiger partial charge in [0.25, 0.3) is 5.91 Å². The molecule has 3 heterocycles. The molecule has 1 aliphatic heterocycles. The van der Waals surface area contributed by atoms with Crippen molar-refractivity contribution >= 4 is 5.91 Å². The fourth-order valence-corrected chi connectivity index (χ4v) is 2.64. The number of hydrogen-bond donors (Lipinski definition) is 2. The molecule has 2 aromatic heterocycles. The third-order valence-corrected chi connectivity index (χ3v) is 4.02. The van der Waals surface area contributed by atoms with Crippen LogP contribution in [-0.4, -0.2) is 41.6 Å². The van der Waals surface area contributed by atoms with E-state index in [9.17, 15) is 4.79 Å². The molecule has 1 amide bonds. The summed E-state index contributed by atoms with van der Waals surface area (Å²) in [5.74, 6) is 0.459. The summed E-state index contributed by atoms with van der Waals surface area (Å²) in [6, 6.07) is 7.41. The van der Waals surface area contributed by atoms with Crippen LogP contribution >= 0.6 is 0 Å². The second-order valence-corrected chi connectivity index (χ2v) is 5.81. The van der Waals surface area contributed by atoms with Gasteiger partial charge in [0.05, 0.1) is 5.56 Å². The van der Waals surface area contributed by atoms with Crippen LogP contribution in [0.3, 0.4) is 0 Å². The summed E-state index contributed by atoms with van der Waals surface area (Å²) in [4.78, 5) is 20.3. The van der Waals surface area contributed by atoms with Gasteiger partial charge in [-0.2, -0.15) is 0 Å². The van der Waals surface area contributed by atoms with E-state index in [4.69, 9.17) is 4.74 Å². The summed E-state index contributed by atoms with van der Waals surface area (Å²) in [5.41, 5.74) is 1.69. The van der Waals surface area contributed by atoms with Gasteiger partial charge in [0.15, 0.2) is 0 Å². The molecule has 0 radical (unpaired) electrons. The molecule has 0 aromatic carbocycles. The molecule has 2 aromatic rings. The minimum atomic E-state index is -0.120. The minimum Gasteiger partial charge on any atom is -0.474 e. The quantitative estimate of drug-likeness (QED) is 0.843. The lowest BCUT2D eigenvalue weighted by Gasteiger charge is -2.23. The van der Waals surface area contributed by atoms with Gasteiger partial charge in [0.1, 0.15) is 6.10 Å². The summed E-state index contributed by atoms with van der Waals surface area (Å²) < 4.78 is 5.84. The van der Waals surface area contributed by atoms with Crippen LogP contribution < -0.4 is 15.4 Å². The van der Waals surface area contributed by atoms with Crippen molar-refractivity contribution in [3.63, 3.8) is 0 Å². The van der Waals surface area contributed by atoms with Crippen molar-refractivity contribution in [1.82, 2.24) is 20.6 Å². The highest BCUT2D eigenvalue weighted by Crippen LogP contribution is 2.14. The van der Waals surface area contributed by atoms with Gasteiger partial charge >= 0.3 is 0 Å². The van der Waals surface area contributed by atoms with Gasteiger partial charge in [-0.05, 0) is 56.1 Å². The molecule has 3 rings (SSSR count). The van der Waals surface area contributed by atoms with Gasteiger partial charge in [-0.15, -0.1) is 0 Å². The maximum atomic E-state index is 12.1. The Kier molecular flexibility index (Phi) is 5.74. The number of rotatable bonds is 6. The number of hydrogen-bond acceptors (Lipinski definition) is 5. The Bertz CT molecular complexity index is 640. The van der Waals surface area contributed by atoms with E-state index in [1.165, 1.54) is 0 Å². The lowest BCUT2D eigenvalue weighted by Crippen LogP contribution is -2.34. The fraction of sp³-hybridized carbons (Fsp3) is 0.389. The molecule has 1 saturated heterocycles. The Hall–Kier alpha value is -2.47. The van der Waals surface area contributed by atoms with Crippen molar-refractivity contribution in [2.24, 2.45) is 0 Å². The van der Waals surface area contributed by atoms with Crippen LogP contribution in [0.4, 0.5) is 0 Å². The molecule has 24 heavy (non-hydrogen) atoms. The van der Waals surface area contributed by atoms with Crippen LogP contribution in [0.5, 0.6) is 5.88 Å². The van der Waals surface area contributed by atoms with Crippen LogP contribution in [0.1, 0.15) is 28.8 Å². The van der Waals surface area contributed by atoms with Gasteiger partial charge in [-0.3, -0.25) is 9.78 Å². The van der Waals surface area contributed by atoms with Gasteiger partial charge < -0.3 is 15.4 Å². The number of ether oxygens (including phenoxy) is 1. The van der Waals surface area contributed by atoms with Gasteiger partial charge in [-0.1, -0.05) is 0 Å². The van der Waals surface area contributed by atoms with Gasteiger partial charge in [0.2, 0.25) is 5.88 Å². The third kappa shape index (κ3) is 4.76. The predicted octanol–water partition coefficient (Wildman–Crippen LogP) is 1.58. The second-order valence-electron chi connectivity index (χ2n) is 5.81. The molecule has 0 spiro atoms. The number of carbonyl (C=O) groups excluding carboxylic acids is 1. The van der Waals surface area contributed by atoms with E-state index in [0.29, 0.717) is 18.0 Å². The summed E-state index contributed by atoms with van der Waals surface area (Å²) >= 11 is 0. The third-order valence-electron chi connectivity index (χ3n) is 4.02. The molecule has 2 N–H and O–H groups in total. The molecule has 0 unspecified atom stereocenters. The van der Waals surface area contributed by atoms with Crippen LogP contribution in [-0.2, 0) is 6.42 Å². The summed E-state index contributed by atoms with van der Waals surface area (Å²) in [6.45, 7) is 2.53. The Balaban J connectivity index is 1.46. The van der Waals surface area contributed by atoms with Crippen molar-refractivity contribution in [2.75, 3.05) is 19.6 Å². The van der Waals surface area contributed by atoms with Gasteiger partial charge in [-0.25, -0.2) is 4.98 Å². The molecule has 0 saturated carbocycles. The molecular weight excluding hydrogens is 304 g/mol. The van der Waals surface area contributed by atoms with E-state index in [0.717, 1.165) is 37.9 Å². The molecule has 1 fully saturated rings. The Morgan fingerprint density at radius 2 is 2.00 bits per heavy atom. The topological polar surface area (TPSA) is 76.1 Å². The first-order valence-electron chi connectivity index (χ1n) is 8.32. The van der Waals surface area contributed by atoms with Crippen LogP contribution in [0, 0.1) is 0 Å². The maximum absolute atomic E-state index is 12.1. The highest BCUT2D eigenvalue weighted by Gasteiger charge is 2.15. The normalized spacial score (nSPS) is 15.0. The van der Waals surface area contributed by atoms with Crippen molar-refractivity contribution in [2.45, 2.75) is 25.4 Å². The van der Waals surface area contributed by atoms with Crippen LogP contribution in [0.15, 0.2) is 42.9 Å². The summed E-state index contributed by atoms with van der Waals surface area (Å²) in [6.07, 6.45) is 8.03. The number of aromatic nitrogens is 2. The standard InChI is InChI=1S/C18H22N4O2/c23-18(21-12-5-14-3-8-19-9-4-14)15-1-2-17(22-13-15)24-16-6-10-20-11-7-16/h1-4,8-9,13,16,20H,5-7,10-12H2,(H,21,23). The van der Waals surface area contributed by atoms with Crippen molar-refractivity contribution in [3.8, 4) is 5.88 Å². The zero-order chi connectivity index (χ0) is 16.6. The van der Waals surface area contributed by atoms with Crippen LogP contribution in [0.2, 0.25) is 0 Å². The van der Waals surface area contributed by atoms with E-state index in [1.807, 2.05) is 12.1 Å². The molecular formula is C18H22N4O2. The van der Waals surface area contributed by atoms with E-state index >= 15 is 0 Å². The van der Waals surface area contributed by atoms with E-state index in [1.54, 1.807) is 30.7 Å². The lowest BCUT2D eigenvalue weighted by atomic mass is 10.1. The van der Waals surface area contributed by atoms with E-state index in [-0.39, 0.29) is 12.0 Å². The highest BCUT2D eigenvalue weighted by atomic mass is 16.5. The maximum Gasteiger partial charge on any atom is 0.252 e. The first-order chi connectivity index (χ1) is 11.8. The highest BCUT2D eigenvalue weighted by molar-refractivity contribution is 5.93. The first-order valence-corrected chi connectivity index (χ1v) is 8.32. The minimum absolute atomic E-state index is 0.120. The molecule has 0 atom stereocenters. The fourth-order valence-electron chi connectivity index (χ4n) is 2.64. The van der Waals surface area contributed by atoms with E-state index < -0.39 is 0 Å². The Morgan fingerprint density at radius 3 is 2.71 bits per heavy atom. The second kappa shape index (κ2) is 8.40. The number of nitrogens with one attached hydrogen (secondary N) is 2. The average molecular weight is 326 g/mol. The van der Waals surface area contributed by atoms with Crippen molar-refractivity contribution in [1.29, 1.82) is 0 Å². The number of carbonyl (C=O) groups is 1. The van der Waals surface area contributed by atoms with Crippen LogP contribution in [0.25, 0.3) is 0 Å². The van der Waals surface area contributed by atoms with Crippen molar-refractivity contribution in [3.05, 3.63) is 54.0 Å². The van der Waals surface area contributed by atoms with E-state index in [2.05, 4.69) is 20.6 Å². The zero-order valence-corrected chi connectivity index (χ0v) is 13.6. The SMILES string of the molecule is O=C(NCCc1ccncc1)c1ccc(OC2CCNCC2)nc1. The summed E-state index contributed by atoms with van der Waals surface area (Å²) in [7, 11) is 0. The largest absolute Gasteiger partial charge is 0.474 e. The zero-order valence-electron chi connectivity index (χ0n) is 13.6. The number of amides is 1. The number of pyridine rings is 2. The smallest absolute Gasteiger partial charge is 0.252 e. The lowest BCUT2D eigenvalue weighted by molar-refractivity contribution is 0.0953. The van der Waals surface area contributed by atoms with Crippen molar-refractivity contribution < 1.29 is 9.53 Å². The number of piperidine rings is 1. The molecule has 0 bridgehead atoms. The first kappa shape index (κ1) is 16.4. The summed E-state index contributed by atoms with van der Waals surface area (Å²) in [5, 5.41) is 6.20. The monoisotopic (exact) mass is 326 g/mol. The molecule has 6 nitrogen and oxygen atoms in total. The Morgan fingerprint density at radius 1 is 1.21 bits per heavy atom.